The van der Waals surface area contributed by atoms with Gasteiger partial charge in [0.05, 0.1) is 24.5 Å². The topological polar surface area (TPSA) is 77.7 Å². The third kappa shape index (κ3) is 2.54. The van der Waals surface area contributed by atoms with E-state index < -0.39 is 5.41 Å². The highest BCUT2D eigenvalue weighted by Gasteiger charge is 2.64. The average molecular weight is 336 g/mol. The van der Waals surface area contributed by atoms with Crippen LogP contribution in [-0.2, 0) is 28.5 Å². The van der Waals surface area contributed by atoms with Crippen LogP contribution in [0.2, 0.25) is 0 Å². The fraction of sp³-hybridized carbons (Fsp3) is 0.889. The van der Waals surface area contributed by atoms with Crippen molar-refractivity contribution in [2.45, 2.75) is 44.3 Å². The van der Waals surface area contributed by atoms with Crippen LogP contribution in [0.25, 0.3) is 0 Å². The first-order valence-corrected chi connectivity index (χ1v) is 9.21. The van der Waals surface area contributed by atoms with Crippen LogP contribution >= 0.6 is 0 Å². The van der Waals surface area contributed by atoms with E-state index in [4.69, 9.17) is 18.9 Å². The number of rotatable bonds is 6. The third-order valence-electron chi connectivity index (χ3n) is 6.59. The predicted molar refractivity (Wildman–Crippen MR) is 80.9 cm³/mol. The molecule has 2 saturated heterocycles. The van der Waals surface area contributed by atoms with Crippen LogP contribution in [0.1, 0.15) is 32.1 Å². The van der Waals surface area contributed by atoms with E-state index in [-0.39, 0.29) is 36.0 Å². The normalized spacial score (nSPS) is 47.3. The van der Waals surface area contributed by atoms with Crippen LogP contribution in [0.3, 0.4) is 0 Å². The van der Waals surface area contributed by atoms with Crippen molar-refractivity contribution in [2.24, 2.45) is 29.1 Å². The van der Waals surface area contributed by atoms with Gasteiger partial charge in [-0.25, -0.2) is 0 Å². The van der Waals surface area contributed by atoms with E-state index in [1.807, 2.05) is 0 Å². The second-order valence-corrected chi connectivity index (χ2v) is 8.38. The molecular weight excluding hydrogens is 312 g/mol. The van der Waals surface area contributed by atoms with Gasteiger partial charge in [-0.15, -0.1) is 0 Å². The van der Waals surface area contributed by atoms with Crippen LogP contribution in [0.5, 0.6) is 0 Å². The number of carbonyl (C=O) groups is 2. The Bertz CT molecular complexity index is 538. The van der Waals surface area contributed by atoms with Crippen molar-refractivity contribution < 1.29 is 28.5 Å². The Morgan fingerprint density at radius 1 is 0.917 bits per heavy atom. The van der Waals surface area contributed by atoms with Gasteiger partial charge in [-0.05, 0) is 49.9 Å². The molecule has 0 aromatic heterocycles. The van der Waals surface area contributed by atoms with Gasteiger partial charge in [0.1, 0.15) is 25.4 Å². The highest BCUT2D eigenvalue weighted by molar-refractivity contribution is 5.86. The summed E-state index contributed by atoms with van der Waals surface area (Å²) in [7, 11) is 0. The van der Waals surface area contributed by atoms with Crippen molar-refractivity contribution in [1.29, 1.82) is 0 Å². The molecule has 0 amide bonds. The van der Waals surface area contributed by atoms with Gasteiger partial charge in [-0.3, -0.25) is 9.59 Å². The number of ether oxygens (including phenoxy) is 4. The summed E-state index contributed by atoms with van der Waals surface area (Å²) in [6.45, 7) is 1.97. The minimum absolute atomic E-state index is 0.0558. The molecule has 0 radical (unpaired) electrons. The van der Waals surface area contributed by atoms with Crippen molar-refractivity contribution >= 4 is 11.9 Å². The van der Waals surface area contributed by atoms with E-state index in [9.17, 15) is 9.59 Å². The fourth-order valence-electron chi connectivity index (χ4n) is 5.66. The molecule has 6 fully saturated rings. The van der Waals surface area contributed by atoms with Crippen LogP contribution < -0.4 is 0 Å². The van der Waals surface area contributed by atoms with Crippen molar-refractivity contribution in [1.82, 2.24) is 0 Å². The van der Waals surface area contributed by atoms with E-state index in [1.165, 1.54) is 6.42 Å². The van der Waals surface area contributed by atoms with Gasteiger partial charge in [-0.1, -0.05) is 0 Å². The second-order valence-electron chi connectivity index (χ2n) is 8.38. The first-order chi connectivity index (χ1) is 11.6. The Kier molecular flexibility index (Phi) is 3.42. The number of carbonyl (C=O) groups excluding carboxylic acids is 2. The summed E-state index contributed by atoms with van der Waals surface area (Å²) in [5, 5.41) is 0. The van der Waals surface area contributed by atoms with Crippen molar-refractivity contribution in [3.8, 4) is 0 Å². The molecule has 6 rings (SSSR count). The Morgan fingerprint density at radius 2 is 1.50 bits per heavy atom. The van der Waals surface area contributed by atoms with E-state index in [2.05, 4.69) is 0 Å². The highest BCUT2D eigenvalue weighted by atomic mass is 16.6. The molecule has 0 aromatic carbocycles. The molecule has 5 atom stereocenters. The minimum atomic E-state index is -0.662. The van der Waals surface area contributed by atoms with Crippen LogP contribution in [0, 0.1) is 29.1 Å². The Balaban J connectivity index is 1.36. The minimum Gasteiger partial charge on any atom is -0.463 e. The van der Waals surface area contributed by atoms with Crippen LogP contribution in [0.4, 0.5) is 0 Å². The van der Waals surface area contributed by atoms with E-state index in [0.29, 0.717) is 38.3 Å². The summed E-state index contributed by atoms with van der Waals surface area (Å²) in [6.07, 6.45) is 4.98. The molecule has 0 spiro atoms. The third-order valence-corrected chi connectivity index (χ3v) is 6.59. The molecule has 6 heteroatoms. The summed E-state index contributed by atoms with van der Waals surface area (Å²) in [6, 6.07) is 0. The van der Waals surface area contributed by atoms with Crippen molar-refractivity contribution in [3.63, 3.8) is 0 Å². The molecule has 2 heterocycles. The Morgan fingerprint density at radius 3 is 2.08 bits per heavy atom. The zero-order chi connectivity index (χ0) is 16.3. The van der Waals surface area contributed by atoms with Gasteiger partial charge >= 0.3 is 11.9 Å². The maximum Gasteiger partial charge on any atom is 0.313 e. The molecular formula is C18H24O6. The summed E-state index contributed by atoms with van der Waals surface area (Å²) < 4.78 is 21.3. The predicted octanol–water partition coefficient (Wildman–Crippen LogP) is 1.31. The zero-order valence-corrected chi connectivity index (χ0v) is 13.8. The molecule has 24 heavy (non-hydrogen) atoms. The summed E-state index contributed by atoms with van der Waals surface area (Å²) in [5.74, 6) is 0.645. The number of hydrogen-bond donors (Lipinski definition) is 0. The number of esters is 2. The molecule has 0 aromatic rings. The van der Waals surface area contributed by atoms with E-state index in [1.54, 1.807) is 0 Å². The molecule has 6 aliphatic rings. The lowest BCUT2D eigenvalue weighted by Crippen LogP contribution is -2.59. The van der Waals surface area contributed by atoms with Gasteiger partial charge in [-0.2, -0.15) is 0 Å². The molecule has 4 aliphatic carbocycles. The lowest BCUT2D eigenvalue weighted by molar-refractivity contribution is -0.196. The molecule has 4 saturated carbocycles. The van der Waals surface area contributed by atoms with Gasteiger partial charge in [0, 0.05) is 0 Å². The van der Waals surface area contributed by atoms with Gasteiger partial charge in [0.2, 0.25) is 0 Å². The van der Waals surface area contributed by atoms with Crippen LogP contribution in [0.15, 0.2) is 0 Å². The molecule has 2 aliphatic heterocycles. The van der Waals surface area contributed by atoms with Crippen LogP contribution in [-0.4, -0.2) is 50.6 Å². The fourth-order valence-corrected chi connectivity index (χ4v) is 5.66. The van der Waals surface area contributed by atoms with Gasteiger partial charge in [0.25, 0.3) is 0 Å². The maximum absolute atomic E-state index is 13.0. The molecule has 6 nitrogen and oxygen atoms in total. The number of hydrogen-bond acceptors (Lipinski definition) is 6. The summed E-state index contributed by atoms with van der Waals surface area (Å²) >= 11 is 0. The molecule has 132 valence electrons. The lowest BCUT2D eigenvalue weighted by Gasteiger charge is -2.58. The summed E-state index contributed by atoms with van der Waals surface area (Å²) in [4.78, 5) is 25.8. The molecule has 0 N–H and O–H groups in total. The van der Waals surface area contributed by atoms with E-state index >= 15 is 0 Å². The van der Waals surface area contributed by atoms with Crippen molar-refractivity contribution in [2.75, 3.05) is 26.4 Å². The second kappa shape index (κ2) is 5.43. The first kappa shape index (κ1) is 15.1. The van der Waals surface area contributed by atoms with Gasteiger partial charge < -0.3 is 18.9 Å². The Hall–Kier alpha value is -1.14. The summed E-state index contributed by atoms with van der Waals surface area (Å²) in [5.41, 5.74) is -0.662. The molecule has 5 unspecified atom stereocenters. The van der Waals surface area contributed by atoms with Crippen molar-refractivity contribution in [3.05, 3.63) is 0 Å². The zero-order valence-electron chi connectivity index (χ0n) is 13.8. The largest absolute Gasteiger partial charge is 0.463 e. The first-order valence-electron chi connectivity index (χ1n) is 9.21. The van der Waals surface area contributed by atoms with E-state index in [0.717, 1.165) is 25.7 Å². The smallest absolute Gasteiger partial charge is 0.313 e. The van der Waals surface area contributed by atoms with Gasteiger partial charge in [0.15, 0.2) is 0 Å². The highest BCUT2D eigenvalue weighted by Crippen LogP contribution is 2.63. The monoisotopic (exact) mass is 336 g/mol. The molecule has 4 bridgehead atoms. The lowest BCUT2D eigenvalue weighted by atomic mass is 9.45. The average Bonchev–Trinajstić information content (AvgIpc) is 3.44. The standard InChI is InChI=1S/C18H24O6/c19-16(23-8-13-6-21-13)15-12-2-10-1-11(3-12)5-18(15,4-10)17(20)24-9-14-7-22-14/h10-15H,1-9H2. The number of epoxide rings is 2. The quantitative estimate of drug-likeness (QED) is 0.538. The Labute approximate surface area is 141 Å². The SMILES string of the molecule is O=C(OCC1CO1)C1C2CC3CC(C2)CC1(C(=O)OCC1CO1)C3. The maximum atomic E-state index is 13.0.